The third-order valence-corrected chi connectivity index (χ3v) is 2.57. The number of hydrogen-bond acceptors (Lipinski definition) is 5. The van der Waals surface area contributed by atoms with E-state index >= 15 is 0 Å². The molecule has 0 aliphatic carbocycles. The number of benzene rings is 1. The molecule has 0 atom stereocenters. The van der Waals surface area contributed by atoms with Crippen molar-refractivity contribution in [3.63, 3.8) is 0 Å². The second-order valence-corrected chi connectivity index (χ2v) is 4.30. The van der Waals surface area contributed by atoms with Crippen LogP contribution in [-0.2, 0) is 11.3 Å². The largest absolute Gasteiger partial charge is 0.506 e. The number of nitrogens with zero attached hydrogens (tertiary/aromatic N) is 3. The predicted molar refractivity (Wildman–Crippen MR) is 70.6 cm³/mol. The number of phenols is 1. The van der Waals surface area contributed by atoms with E-state index in [2.05, 4.69) is 10.4 Å². The lowest BCUT2D eigenvalue weighted by atomic mass is 10.2. The SMILES string of the molecule is O=C(Cn1cc(Cl)cn1)Nc1cc([N+](=O)[O-])ccc1O. The lowest BCUT2D eigenvalue weighted by Crippen LogP contribution is -2.19. The van der Waals surface area contributed by atoms with Gasteiger partial charge in [-0.2, -0.15) is 5.10 Å². The molecule has 1 amide bonds. The number of nitrogens with one attached hydrogen (secondary N) is 1. The molecule has 0 radical (unpaired) electrons. The van der Waals surface area contributed by atoms with Crippen LogP contribution in [0.4, 0.5) is 11.4 Å². The van der Waals surface area contributed by atoms with Crippen LogP contribution in [0.5, 0.6) is 5.75 Å². The molecule has 1 aromatic heterocycles. The fraction of sp³-hybridized carbons (Fsp3) is 0.0909. The Balaban J connectivity index is 2.11. The number of non-ortho nitro benzene ring substituents is 1. The zero-order chi connectivity index (χ0) is 14.7. The lowest BCUT2D eigenvalue weighted by molar-refractivity contribution is -0.384. The Morgan fingerprint density at radius 3 is 2.90 bits per heavy atom. The van der Waals surface area contributed by atoms with Crippen LogP contribution in [0.15, 0.2) is 30.6 Å². The molecule has 9 heteroatoms. The Morgan fingerprint density at radius 2 is 2.30 bits per heavy atom. The molecule has 2 rings (SSSR count). The molecule has 0 unspecified atom stereocenters. The Morgan fingerprint density at radius 1 is 1.55 bits per heavy atom. The Labute approximate surface area is 117 Å². The standard InChI is InChI=1S/C11H9ClN4O4/c12-7-4-13-15(5-7)6-11(18)14-9-3-8(16(19)20)1-2-10(9)17/h1-5,17H,6H2,(H,14,18). The van der Waals surface area contributed by atoms with Gasteiger partial charge in [0.05, 0.1) is 21.8 Å². The number of hydrogen-bond donors (Lipinski definition) is 2. The summed E-state index contributed by atoms with van der Waals surface area (Å²) in [6.07, 6.45) is 2.83. The molecule has 2 N–H and O–H groups in total. The van der Waals surface area contributed by atoms with E-state index in [-0.39, 0.29) is 23.7 Å². The Kier molecular flexibility index (Phi) is 3.85. The fourth-order valence-electron chi connectivity index (χ4n) is 1.50. The molecule has 0 bridgehead atoms. The molecule has 2 aromatic rings. The maximum atomic E-state index is 11.7. The highest BCUT2D eigenvalue weighted by atomic mass is 35.5. The molecule has 8 nitrogen and oxygen atoms in total. The number of rotatable bonds is 4. The summed E-state index contributed by atoms with van der Waals surface area (Å²) < 4.78 is 1.30. The summed E-state index contributed by atoms with van der Waals surface area (Å²) in [6.45, 7) is -0.130. The van der Waals surface area contributed by atoms with Crippen LogP contribution >= 0.6 is 11.6 Å². The van der Waals surface area contributed by atoms with Gasteiger partial charge in [0.15, 0.2) is 0 Å². The molecule has 0 spiro atoms. The first-order valence-electron chi connectivity index (χ1n) is 5.41. The van der Waals surface area contributed by atoms with E-state index in [1.807, 2.05) is 0 Å². The molecular formula is C11H9ClN4O4. The van der Waals surface area contributed by atoms with Gasteiger partial charge in [-0.15, -0.1) is 0 Å². The van der Waals surface area contributed by atoms with E-state index in [4.69, 9.17) is 11.6 Å². The first kappa shape index (κ1) is 13.8. The number of aromatic hydroxyl groups is 1. The van der Waals surface area contributed by atoms with Gasteiger partial charge in [0.25, 0.3) is 5.69 Å². The molecule has 1 aromatic carbocycles. The molecule has 104 valence electrons. The molecule has 0 aliphatic rings. The zero-order valence-corrected chi connectivity index (χ0v) is 10.7. The molecular weight excluding hydrogens is 288 g/mol. The van der Waals surface area contributed by atoms with Crippen LogP contribution in [-0.4, -0.2) is 25.7 Å². The van der Waals surface area contributed by atoms with Crippen LogP contribution in [0.3, 0.4) is 0 Å². The molecule has 1 heterocycles. The van der Waals surface area contributed by atoms with E-state index in [1.54, 1.807) is 0 Å². The highest BCUT2D eigenvalue weighted by Crippen LogP contribution is 2.27. The predicted octanol–water partition coefficient (Wildman–Crippen LogP) is 1.79. The van der Waals surface area contributed by atoms with Gasteiger partial charge in [-0.1, -0.05) is 11.6 Å². The average molecular weight is 297 g/mol. The van der Waals surface area contributed by atoms with E-state index in [0.29, 0.717) is 5.02 Å². The smallest absolute Gasteiger partial charge is 0.271 e. The summed E-state index contributed by atoms with van der Waals surface area (Å²) in [4.78, 5) is 21.7. The highest BCUT2D eigenvalue weighted by molar-refractivity contribution is 6.30. The van der Waals surface area contributed by atoms with Crippen molar-refractivity contribution in [2.45, 2.75) is 6.54 Å². The van der Waals surface area contributed by atoms with Crippen LogP contribution < -0.4 is 5.32 Å². The number of carbonyl (C=O) groups is 1. The first-order valence-corrected chi connectivity index (χ1v) is 5.78. The maximum Gasteiger partial charge on any atom is 0.271 e. The third-order valence-electron chi connectivity index (χ3n) is 2.37. The summed E-state index contributed by atoms with van der Waals surface area (Å²) in [6, 6.07) is 3.35. The van der Waals surface area contributed by atoms with Crippen molar-refractivity contribution in [1.29, 1.82) is 0 Å². The Hall–Kier alpha value is -2.61. The minimum Gasteiger partial charge on any atom is -0.506 e. The van der Waals surface area contributed by atoms with Gasteiger partial charge in [-0.05, 0) is 6.07 Å². The number of halogens is 1. The van der Waals surface area contributed by atoms with Crippen LogP contribution in [0.25, 0.3) is 0 Å². The fourth-order valence-corrected chi connectivity index (χ4v) is 1.66. The number of phenolic OH excluding ortho intramolecular Hbond substituents is 1. The summed E-state index contributed by atoms with van der Waals surface area (Å²) >= 11 is 5.65. The number of anilines is 1. The van der Waals surface area contributed by atoms with Crippen molar-refractivity contribution >= 4 is 28.9 Å². The van der Waals surface area contributed by atoms with Crippen molar-refractivity contribution in [1.82, 2.24) is 9.78 Å². The number of carbonyl (C=O) groups excluding carboxylic acids is 1. The molecule has 0 aliphatic heterocycles. The van der Waals surface area contributed by atoms with Gasteiger partial charge in [0, 0.05) is 18.3 Å². The van der Waals surface area contributed by atoms with Gasteiger partial charge in [-0.3, -0.25) is 19.6 Å². The van der Waals surface area contributed by atoms with Gasteiger partial charge in [0.2, 0.25) is 5.91 Å². The summed E-state index contributed by atoms with van der Waals surface area (Å²) in [5.74, 6) is -0.761. The van der Waals surface area contributed by atoms with Crippen molar-refractivity contribution in [2.75, 3.05) is 5.32 Å². The first-order chi connectivity index (χ1) is 9.45. The summed E-state index contributed by atoms with van der Waals surface area (Å²) in [5, 5.41) is 26.8. The molecule has 0 fully saturated rings. The van der Waals surface area contributed by atoms with E-state index in [0.717, 1.165) is 18.2 Å². The average Bonchev–Trinajstić information content (AvgIpc) is 2.77. The normalized spacial score (nSPS) is 10.2. The van der Waals surface area contributed by atoms with Gasteiger partial charge in [0.1, 0.15) is 12.3 Å². The summed E-state index contributed by atoms with van der Waals surface area (Å²) in [7, 11) is 0. The van der Waals surface area contributed by atoms with Gasteiger partial charge in [-0.25, -0.2) is 0 Å². The number of aromatic nitrogens is 2. The maximum absolute atomic E-state index is 11.7. The van der Waals surface area contributed by atoms with E-state index in [9.17, 15) is 20.0 Å². The third kappa shape index (κ3) is 3.23. The van der Waals surface area contributed by atoms with Crippen molar-refractivity contribution < 1.29 is 14.8 Å². The number of nitro groups is 1. The molecule has 0 saturated heterocycles. The number of nitro benzene ring substituents is 1. The zero-order valence-electron chi connectivity index (χ0n) is 9.99. The molecule has 20 heavy (non-hydrogen) atoms. The van der Waals surface area contributed by atoms with Gasteiger partial charge >= 0.3 is 0 Å². The highest BCUT2D eigenvalue weighted by Gasteiger charge is 2.13. The van der Waals surface area contributed by atoms with Gasteiger partial charge < -0.3 is 10.4 Å². The van der Waals surface area contributed by atoms with Crippen molar-refractivity contribution in [2.24, 2.45) is 0 Å². The lowest BCUT2D eigenvalue weighted by Gasteiger charge is -2.07. The topological polar surface area (TPSA) is 110 Å². The summed E-state index contributed by atoms with van der Waals surface area (Å²) in [5.41, 5.74) is -0.275. The van der Waals surface area contributed by atoms with E-state index < -0.39 is 10.8 Å². The van der Waals surface area contributed by atoms with Crippen molar-refractivity contribution in [3.05, 3.63) is 45.7 Å². The number of amides is 1. The van der Waals surface area contributed by atoms with Crippen molar-refractivity contribution in [3.8, 4) is 5.75 Å². The second-order valence-electron chi connectivity index (χ2n) is 3.86. The second kappa shape index (κ2) is 5.57. The monoisotopic (exact) mass is 296 g/mol. The van der Waals surface area contributed by atoms with Crippen LogP contribution in [0.1, 0.15) is 0 Å². The minimum atomic E-state index is -0.623. The Bertz CT molecular complexity index is 670. The quantitative estimate of drug-likeness (QED) is 0.507. The van der Waals surface area contributed by atoms with Crippen LogP contribution in [0, 0.1) is 10.1 Å². The van der Waals surface area contributed by atoms with E-state index in [1.165, 1.54) is 17.1 Å². The minimum absolute atomic E-state index is 0.0394. The molecule has 0 saturated carbocycles. The van der Waals surface area contributed by atoms with Crippen LogP contribution in [0.2, 0.25) is 5.02 Å².